The zero-order valence-corrected chi connectivity index (χ0v) is 13.7. The molecule has 1 rings (SSSR count). The number of ketones is 1. The molecule has 0 aliphatic carbocycles. The molecule has 1 heterocycles. The molecule has 6 heteroatoms. The smallest absolute Gasteiger partial charge is 0.147 e. The van der Waals surface area contributed by atoms with Gasteiger partial charge in [-0.05, 0) is 18.1 Å². The second-order valence-corrected chi connectivity index (χ2v) is 6.42. The van der Waals surface area contributed by atoms with E-state index in [0.717, 1.165) is 5.70 Å². The van der Waals surface area contributed by atoms with Crippen molar-refractivity contribution in [2.24, 2.45) is 0 Å². The van der Waals surface area contributed by atoms with Gasteiger partial charge in [-0.1, -0.05) is 27.7 Å². The summed E-state index contributed by atoms with van der Waals surface area (Å²) >= 11 is 5.19. The van der Waals surface area contributed by atoms with E-state index >= 15 is 0 Å². The molecule has 0 amide bonds. The number of nitrogens with zero attached hydrogens (tertiary/aromatic N) is 1. The quantitative estimate of drug-likeness (QED) is 0.806. The van der Waals surface area contributed by atoms with Gasteiger partial charge in [0.05, 0.1) is 15.9 Å². The van der Waals surface area contributed by atoms with Gasteiger partial charge >= 0.3 is 0 Å². The third-order valence-corrected chi connectivity index (χ3v) is 4.43. The summed E-state index contributed by atoms with van der Waals surface area (Å²) in [5.41, 5.74) is 1.09. The summed E-state index contributed by atoms with van der Waals surface area (Å²) in [6.07, 6.45) is 2.60. The van der Waals surface area contributed by atoms with Crippen LogP contribution in [0, 0.1) is 0 Å². The minimum absolute atomic E-state index is 0.124. The van der Waals surface area contributed by atoms with Crippen molar-refractivity contribution in [3.8, 4) is 0 Å². The summed E-state index contributed by atoms with van der Waals surface area (Å²) in [6, 6.07) is 0.177. The Balaban J connectivity index is 0.00000137. The van der Waals surface area contributed by atoms with E-state index in [9.17, 15) is 4.79 Å². The van der Waals surface area contributed by atoms with Crippen molar-refractivity contribution in [1.29, 1.82) is 0 Å². The molecule has 0 fully saturated rings. The predicted octanol–water partition coefficient (Wildman–Crippen LogP) is 1.64. The van der Waals surface area contributed by atoms with Gasteiger partial charge in [0.25, 0.3) is 0 Å². The zero-order valence-electron chi connectivity index (χ0n) is 12.1. The Morgan fingerprint density at radius 2 is 2.11 bits per heavy atom. The second kappa shape index (κ2) is 8.61. The highest BCUT2D eigenvalue weighted by molar-refractivity contribution is 8.26. The number of carbonyl (C=O) groups is 1. The van der Waals surface area contributed by atoms with E-state index in [1.165, 1.54) is 0 Å². The van der Waals surface area contributed by atoms with Crippen LogP contribution in [-0.4, -0.2) is 29.2 Å². The Labute approximate surface area is 118 Å². The first-order valence-corrected chi connectivity index (χ1v) is 8.39. The number of Topliss-reactive ketones (excluding diaryl/α,β-unsaturated/α-hetero) is 1. The molecular weight excluding hydrogens is 266 g/mol. The Bertz CT molecular complexity index is 329. The van der Waals surface area contributed by atoms with Crippen LogP contribution in [0.3, 0.4) is 0 Å². The third kappa shape index (κ3) is 5.46. The van der Waals surface area contributed by atoms with E-state index in [1.54, 1.807) is 6.92 Å². The Kier molecular flexibility index (Phi) is 8.39. The molecule has 2 N–H and O–H groups in total. The van der Waals surface area contributed by atoms with Gasteiger partial charge in [0, 0.05) is 31.4 Å². The summed E-state index contributed by atoms with van der Waals surface area (Å²) in [7, 11) is 1.60. The maximum atomic E-state index is 11.5. The summed E-state index contributed by atoms with van der Waals surface area (Å²) in [4.78, 5) is 11.5. The fourth-order valence-corrected chi connectivity index (χ4v) is 2.68. The second-order valence-electron chi connectivity index (χ2n) is 4.19. The van der Waals surface area contributed by atoms with Gasteiger partial charge in [-0.3, -0.25) is 4.79 Å². The Hall–Kier alpha value is -0.460. The molecule has 0 saturated carbocycles. The van der Waals surface area contributed by atoms with Crippen molar-refractivity contribution in [1.82, 2.24) is 14.3 Å². The molecule has 4 nitrogen and oxygen atoms in total. The molecule has 0 saturated heterocycles. The highest BCUT2D eigenvalue weighted by Gasteiger charge is 2.22. The fourth-order valence-electron chi connectivity index (χ4n) is 1.51. The highest BCUT2D eigenvalue weighted by atomic mass is 32.8. The number of hydrogen-bond donors (Lipinski definition) is 2. The maximum absolute atomic E-state index is 11.5. The Morgan fingerprint density at radius 3 is 2.44 bits per heavy atom. The molecule has 2 atom stereocenters. The lowest BCUT2D eigenvalue weighted by atomic mass is 10.1. The summed E-state index contributed by atoms with van der Waals surface area (Å²) < 4.78 is 5.09. The van der Waals surface area contributed by atoms with Gasteiger partial charge < -0.3 is 14.3 Å². The standard InChI is InChI=1S/C10H19N3OS2.C2H6/c1-7(2)12-10(8(3)14)5-9-6-11-16(15)13(9)4;1-2/h6-7,10-12H,5H2,1-4H3;1-2H3. The van der Waals surface area contributed by atoms with Gasteiger partial charge in [-0.15, -0.1) is 0 Å². The van der Waals surface area contributed by atoms with Crippen LogP contribution in [0.1, 0.15) is 41.0 Å². The monoisotopic (exact) mass is 291 g/mol. The predicted molar refractivity (Wildman–Crippen MR) is 82.4 cm³/mol. The van der Waals surface area contributed by atoms with Crippen molar-refractivity contribution < 1.29 is 4.79 Å². The minimum atomic E-state index is -0.355. The largest absolute Gasteiger partial charge is 0.316 e. The first-order chi connectivity index (χ1) is 8.41. The van der Waals surface area contributed by atoms with Gasteiger partial charge in [0.2, 0.25) is 0 Å². The van der Waals surface area contributed by atoms with Gasteiger partial charge in [-0.25, -0.2) is 0 Å². The maximum Gasteiger partial charge on any atom is 0.147 e. The van der Waals surface area contributed by atoms with Crippen LogP contribution in [0.15, 0.2) is 11.9 Å². The number of rotatable bonds is 5. The first kappa shape index (κ1) is 17.5. The third-order valence-electron chi connectivity index (χ3n) is 2.42. The number of nitrogens with one attached hydrogen (secondary N) is 2. The van der Waals surface area contributed by atoms with E-state index in [2.05, 4.69) is 10.0 Å². The Morgan fingerprint density at radius 1 is 1.56 bits per heavy atom. The summed E-state index contributed by atoms with van der Waals surface area (Å²) in [6.45, 7) is 9.70. The molecule has 18 heavy (non-hydrogen) atoms. The molecule has 106 valence electrons. The first-order valence-electron chi connectivity index (χ1n) is 6.29. The number of hydrogen-bond acceptors (Lipinski definition) is 3. The average molecular weight is 291 g/mol. The molecule has 0 aromatic carbocycles. The summed E-state index contributed by atoms with van der Waals surface area (Å²) in [5, 5.41) is 3.27. The van der Waals surface area contributed by atoms with E-state index in [1.807, 2.05) is 45.2 Å². The van der Waals surface area contributed by atoms with Gasteiger partial charge in [-0.2, -0.15) is 0 Å². The lowest BCUT2D eigenvalue weighted by Crippen LogP contribution is -2.40. The molecule has 0 bridgehead atoms. The molecule has 0 radical (unpaired) electrons. The van der Waals surface area contributed by atoms with Crippen molar-refractivity contribution in [2.45, 2.75) is 53.1 Å². The molecule has 0 aromatic rings. The van der Waals surface area contributed by atoms with Crippen molar-refractivity contribution >= 4 is 26.8 Å². The van der Waals surface area contributed by atoms with Crippen LogP contribution in [0.5, 0.6) is 0 Å². The normalized spacial score (nSPS) is 19.8. The van der Waals surface area contributed by atoms with Crippen LogP contribution in [0.25, 0.3) is 0 Å². The van der Waals surface area contributed by atoms with E-state index in [-0.39, 0.29) is 21.7 Å². The van der Waals surface area contributed by atoms with Crippen LogP contribution >= 0.6 is 0 Å². The van der Waals surface area contributed by atoms with Crippen molar-refractivity contribution in [3.63, 3.8) is 0 Å². The molecule has 0 spiro atoms. The van der Waals surface area contributed by atoms with Crippen LogP contribution in [-0.2, 0) is 25.8 Å². The molecule has 0 aromatic heterocycles. The van der Waals surface area contributed by atoms with Gasteiger partial charge in [0.15, 0.2) is 0 Å². The van der Waals surface area contributed by atoms with Crippen LogP contribution in [0.4, 0.5) is 0 Å². The average Bonchev–Trinajstić information content (AvgIpc) is 2.62. The van der Waals surface area contributed by atoms with E-state index < -0.39 is 0 Å². The molecule has 1 aliphatic heterocycles. The topological polar surface area (TPSA) is 44.4 Å². The molecule has 2 unspecified atom stereocenters. The minimum Gasteiger partial charge on any atom is -0.316 e. The van der Waals surface area contributed by atoms with E-state index in [0.29, 0.717) is 12.5 Å². The van der Waals surface area contributed by atoms with Crippen molar-refractivity contribution in [3.05, 3.63) is 11.9 Å². The lowest BCUT2D eigenvalue weighted by molar-refractivity contribution is -0.119. The van der Waals surface area contributed by atoms with Crippen LogP contribution < -0.4 is 10.0 Å². The highest BCUT2D eigenvalue weighted by Crippen LogP contribution is 2.16. The lowest BCUT2D eigenvalue weighted by Gasteiger charge is -2.22. The molecule has 1 aliphatic rings. The van der Waals surface area contributed by atoms with Crippen LogP contribution in [0.2, 0.25) is 0 Å². The van der Waals surface area contributed by atoms with Gasteiger partial charge in [0.1, 0.15) is 5.78 Å². The zero-order chi connectivity index (χ0) is 14.3. The molecular formula is C12H25N3OS2. The number of carbonyl (C=O) groups excluding carboxylic acids is 1. The van der Waals surface area contributed by atoms with E-state index in [4.69, 9.17) is 11.2 Å². The fraction of sp³-hybridized carbons (Fsp3) is 0.750. The summed E-state index contributed by atoms with van der Waals surface area (Å²) in [5.74, 6) is 0.166. The van der Waals surface area contributed by atoms with Crippen molar-refractivity contribution in [2.75, 3.05) is 7.05 Å². The SMILES string of the molecule is CC.CC(=O)C(CC1=CNS(=S)N1C)NC(C)C.